The third kappa shape index (κ3) is 4.11. The summed E-state index contributed by atoms with van der Waals surface area (Å²) in [5, 5.41) is 4.14. The Morgan fingerprint density at radius 1 is 1.21 bits per heavy atom. The number of ether oxygens (including phenoxy) is 1. The molecule has 4 nitrogen and oxygen atoms in total. The predicted octanol–water partition coefficient (Wildman–Crippen LogP) is 4.02. The maximum absolute atomic E-state index is 12.5. The number of nitrogens with one attached hydrogen (secondary N) is 2. The molecule has 1 aliphatic rings. The summed E-state index contributed by atoms with van der Waals surface area (Å²) in [4.78, 5) is 15.7. The second-order valence-electron chi connectivity index (χ2n) is 6.44. The van der Waals surface area contributed by atoms with Crippen LogP contribution in [-0.4, -0.2) is 23.5 Å². The SMILES string of the molecule is C#CCOc1ccc2[nH]c(C(=O)NC3CCCCCCC3)cc2c1. The van der Waals surface area contributed by atoms with E-state index in [1.807, 2.05) is 24.3 Å². The van der Waals surface area contributed by atoms with Gasteiger partial charge in [0.2, 0.25) is 0 Å². The number of rotatable bonds is 4. The summed E-state index contributed by atoms with van der Waals surface area (Å²) in [7, 11) is 0. The molecule has 4 heteroatoms. The molecular formula is C20H24N2O2. The smallest absolute Gasteiger partial charge is 0.267 e. The Morgan fingerprint density at radius 3 is 2.71 bits per heavy atom. The summed E-state index contributed by atoms with van der Waals surface area (Å²) >= 11 is 0. The monoisotopic (exact) mass is 324 g/mol. The van der Waals surface area contributed by atoms with Gasteiger partial charge in [-0.3, -0.25) is 4.79 Å². The van der Waals surface area contributed by atoms with Crippen LogP contribution in [0.5, 0.6) is 5.75 Å². The highest BCUT2D eigenvalue weighted by molar-refractivity contribution is 5.98. The number of benzene rings is 1. The Balaban J connectivity index is 1.68. The van der Waals surface area contributed by atoms with Crippen LogP contribution in [0.2, 0.25) is 0 Å². The van der Waals surface area contributed by atoms with E-state index >= 15 is 0 Å². The third-order valence-corrected chi connectivity index (χ3v) is 4.60. The van der Waals surface area contributed by atoms with Crippen molar-refractivity contribution in [2.75, 3.05) is 6.61 Å². The third-order valence-electron chi connectivity index (χ3n) is 4.60. The van der Waals surface area contributed by atoms with Gasteiger partial charge in [0.25, 0.3) is 5.91 Å². The van der Waals surface area contributed by atoms with Crippen molar-refractivity contribution >= 4 is 16.8 Å². The Hall–Kier alpha value is -2.41. The number of hydrogen-bond acceptors (Lipinski definition) is 2. The molecule has 1 fully saturated rings. The molecule has 2 N–H and O–H groups in total. The largest absolute Gasteiger partial charge is 0.481 e. The van der Waals surface area contributed by atoms with Gasteiger partial charge in [-0.2, -0.15) is 0 Å². The Morgan fingerprint density at radius 2 is 1.96 bits per heavy atom. The van der Waals surface area contributed by atoms with Gasteiger partial charge in [-0.05, 0) is 37.1 Å². The highest BCUT2D eigenvalue weighted by Crippen LogP contribution is 2.22. The molecule has 0 spiro atoms. The number of H-pyrrole nitrogens is 1. The average Bonchev–Trinajstić information content (AvgIpc) is 2.98. The predicted molar refractivity (Wildman–Crippen MR) is 96.2 cm³/mol. The molecule has 1 saturated carbocycles. The number of hydrogen-bond donors (Lipinski definition) is 2. The lowest BCUT2D eigenvalue weighted by molar-refractivity contribution is 0.0926. The maximum atomic E-state index is 12.5. The molecular weight excluding hydrogens is 300 g/mol. The minimum atomic E-state index is -0.0251. The van der Waals surface area contributed by atoms with Crippen LogP contribution in [0.4, 0.5) is 0 Å². The first-order valence-corrected chi connectivity index (χ1v) is 8.76. The van der Waals surface area contributed by atoms with Crippen molar-refractivity contribution in [2.24, 2.45) is 0 Å². The first-order chi connectivity index (χ1) is 11.8. The Kier molecular flexibility index (Phi) is 5.43. The van der Waals surface area contributed by atoms with Gasteiger partial charge in [0.05, 0.1) is 0 Å². The van der Waals surface area contributed by atoms with Crippen molar-refractivity contribution in [1.82, 2.24) is 10.3 Å². The summed E-state index contributed by atoms with van der Waals surface area (Å²) in [6, 6.07) is 7.82. The van der Waals surface area contributed by atoms with Crippen LogP contribution in [-0.2, 0) is 0 Å². The second-order valence-corrected chi connectivity index (χ2v) is 6.44. The van der Waals surface area contributed by atoms with Gasteiger partial charge in [-0.1, -0.05) is 38.0 Å². The molecule has 2 aromatic rings. The lowest BCUT2D eigenvalue weighted by Crippen LogP contribution is -2.35. The minimum absolute atomic E-state index is 0.0251. The number of aromatic amines is 1. The molecule has 0 unspecified atom stereocenters. The molecule has 1 aliphatic carbocycles. The molecule has 1 heterocycles. The van der Waals surface area contributed by atoms with Gasteiger partial charge in [0.15, 0.2) is 0 Å². The highest BCUT2D eigenvalue weighted by atomic mass is 16.5. The van der Waals surface area contributed by atoms with Crippen LogP contribution in [0.15, 0.2) is 24.3 Å². The summed E-state index contributed by atoms with van der Waals surface area (Å²) in [5.41, 5.74) is 1.52. The van der Waals surface area contributed by atoms with Crippen molar-refractivity contribution in [3.8, 4) is 18.1 Å². The molecule has 1 amide bonds. The zero-order valence-corrected chi connectivity index (χ0v) is 13.9. The summed E-state index contributed by atoms with van der Waals surface area (Å²) in [6.45, 7) is 0.241. The summed E-state index contributed by atoms with van der Waals surface area (Å²) in [6.07, 6.45) is 13.7. The van der Waals surface area contributed by atoms with Crippen LogP contribution >= 0.6 is 0 Å². The number of aromatic nitrogens is 1. The highest BCUT2D eigenvalue weighted by Gasteiger charge is 2.16. The molecule has 3 rings (SSSR count). The van der Waals surface area contributed by atoms with E-state index in [1.165, 1.54) is 32.1 Å². The van der Waals surface area contributed by atoms with Crippen LogP contribution in [0.3, 0.4) is 0 Å². The molecule has 0 aliphatic heterocycles. The Bertz CT molecular complexity index is 734. The van der Waals surface area contributed by atoms with Crippen LogP contribution in [0, 0.1) is 12.3 Å². The van der Waals surface area contributed by atoms with Gasteiger partial charge in [-0.25, -0.2) is 0 Å². The molecule has 1 aromatic carbocycles. The van der Waals surface area contributed by atoms with Crippen LogP contribution < -0.4 is 10.1 Å². The molecule has 126 valence electrons. The normalized spacial score (nSPS) is 16.1. The number of amides is 1. The zero-order chi connectivity index (χ0) is 16.8. The fourth-order valence-electron chi connectivity index (χ4n) is 3.31. The van der Waals surface area contributed by atoms with E-state index in [2.05, 4.69) is 16.2 Å². The van der Waals surface area contributed by atoms with Crippen molar-refractivity contribution < 1.29 is 9.53 Å². The quantitative estimate of drug-likeness (QED) is 0.835. The standard InChI is InChI=1S/C20H24N2O2/c1-2-12-24-17-10-11-18-15(13-17)14-19(22-18)20(23)21-16-8-6-4-3-5-7-9-16/h1,10-11,13-14,16,22H,3-9,12H2,(H,21,23). The zero-order valence-electron chi connectivity index (χ0n) is 13.9. The molecule has 0 radical (unpaired) electrons. The van der Waals surface area contributed by atoms with Crippen molar-refractivity contribution in [1.29, 1.82) is 0 Å². The number of carbonyl (C=O) groups excluding carboxylic acids is 1. The molecule has 24 heavy (non-hydrogen) atoms. The topological polar surface area (TPSA) is 54.1 Å². The van der Waals surface area contributed by atoms with E-state index in [1.54, 1.807) is 0 Å². The lowest BCUT2D eigenvalue weighted by Gasteiger charge is -2.20. The van der Waals surface area contributed by atoms with E-state index in [0.717, 1.165) is 23.7 Å². The van der Waals surface area contributed by atoms with Gasteiger partial charge in [-0.15, -0.1) is 6.42 Å². The van der Waals surface area contributed by atoms with E-state index in [4.69, 9.17) is 11.2 Å². The van der Waals surface area contributed by atoms with Crippen molar-refractivity contribution in [3.05, 3.63) is 30.0 Å². The first-order valence-electron chi connectivity index (χ1n) is 8.76. The first kappa shape index (κ1) is 16.4. The fourth-order valence-corrected chi connectivity index (χ4v) is 3.31. The molecule has 0 atom stereocenters. The summed E-state index contributed by atoms with van der Waals surface area (Å²) in [5.74, 6) is 3.14. The van der Waals surface area contributed by atoms with Gasteiger partial charge in [0.1, 0.15) is 18.1 Å². The van der Waals surface area contributed by atoms with E-state index in [9.17, 15) is 4.79 Å². The van der Waals surface area contributed by atoms with Crippen LogP contribution in [0.1, 0.15) is 55.4 Å². The van der Waals surface area contributed by atoms with Gasteiger partial charge in [0, 0.05) is 16.9 Å². The van der Waals surface area contributed by atoms with E-state index < -0.39 is 0 Å². The van der Waals surface area contributed by atoms with Gasteiger partial charge >= 0.3 is 0 Å². The number of terminal acetylenes is 1. The average molecular weight is 324 g/mol. The minimum Gasteiger partial charge on any atom is -0.481 e. The summed E-state index contributed by atoms with van der Waals surface area (Å²) < 4.78 is 5.43. The number of fused-ring (bicyclic) bond motifs is 1. The number of carbonyl (C=O) groups is 1. The molecule has 0 saturated heterocycles. The Labute approximate surface area is 143 Å². The molecule has 0 bridgehead atoms. The van der Waals surface area contributed by atoms with Crippen molar-refractivity contribution in [2.45, 2.75) is 51.0 Å². The maximum Gasteiger partial charge on any atom is 0.267 e. The van der Waals surface area contributed by atoms with Crippen molar-refractivity contribution in [3.63, 3.8) is 0 Å². The molecule has 1 aromatic heterocycles. The van der Waals surface area contributed by atoms with Crippen LogP contribution in [0.25, 0.3) is 10.9 Å². The van der Waals surface area contributed by atoms with Gasteiger partial charge < -0.3 is 15.0 Å². The van der Waals surface area contributed by atoms with E-state index in [-0.39, 0.29) is 12.5 Å². The fraction of sp³-hybridized carbons (Fsp3) is 0.450. The van der Waals surface area contributed by atoms with E-state index in [0.29, 0.717) is 17.5 Å². The second kappa shape index (κ2) is 7.92. The lowest BCUT2D eigenvalue weighted by atomic mass is 9.96.